The third kappa shape index (κ3) is 3.57. The van der Waals surface area contributed by atoms with Crippen molar-refractivity contribution in [2.24, 2.45) is 5.92 Å². The van der Waals surface area contributed by atoms with E-state index in [1.165, 1.54) is 16.5 Å². The van der Waals surface area contributed by atoms with Gasteiger partial charge in [-0.3, -0.25) is 4.90 Å². The molecule has 1 saturated heterocycles. The second-order valence-corrected chi connectivity index (χ2v) is 8.95. The molecular weight excluding hydrogens is 404 g/mol. The lowest BCUT2D eigenvalue weighted by Gasteiger charge is -2.39. The van der Waals surface area contributed by atoms with Crippen LogP contribution in [-0.2, 0) is 11.3 Å². The predicted octanol–water partition coefficient (Wildman–Crippen LogP) is 4.92. The first-order valence-corrected chi connectivity index (χ1v) is 11.4. The Hall–Kier alpha value is -2.83. The summed E-state index contributed by atoms with van der Waals surface area (Å²) in [7, 11) is 1.74. The van der Waals surface area contributed by atoms with E-state index in [0.717, 1.165) is 36.2 Å². The van der Waals surface area contributed by atoms with Crippen LogP contribution in [0, 0.1) is 12.8 Å². The number of H-pyrrole nitrogens is 1. The Bertz CT molecular complexity index is 1140. The number of carbonyl (C=O) groups is 1. The predicted molar refractivity (Wildman–Crippen MR) is 123 cm³/mol. The van der Waals surface area contributed by atoms with E-state index in [-0.39, 0.29) is 12.1 Å². The summed E-state index contributed by atoms with van der Waals surface area (Å²) in [5.41, 5.74) is 4.98. The van der Waals surface area contributed by atoms with Crippen LogP contribution in [-0.4, -0.2) is 46.8 Å². The number of likely N-dealkylation sites (tertiary alicyclic amines) is 1. The Morgan fingerprint density at radius 1 is 1.22 bits per heavy atom. The number of aromatic nitrogens is 1. The lowest BCUT2D eigenvalue weighted by Crippen LogP contribution is -2.40. The highest BCUT2D eigenvalue weighted by atomic mass is 16.5. The standard InChI is InChI=1S/C26H30N2O4/c1-4-32-24-13-21(16-5-7-17(8-6-16)26(29)30)28(22-12-19(22)24)14-20-18-9-10-27-25(18)15(2)11-23(20)31-3/h5-11,19,21-22,24,27H,4,12-14H2,1-3H3,(H,29,30). The van der Waals surface area contributed by atoms with E-state index < -0.39 is 5.97 Å². The molecule has 32 heavy (non-hydrogen) atoms. The van der Waals surface area contributed by atoms with E-state index in [1.807, 2.05) is 18.3 Å². The van der Waals surface area contributed by atoms with Gasteiger partial charge in [0.25, 0.3) is 0 Å². The molecule has 1 aliphatic heterocycles. The number of nitrogens with one attached hydrogen (secondary N) is 1. The average molecular weight is 435 g/mol. The molecule has 5 rings (SSSR count). The van der Waals surface area contributed by atoms with Crippen molar-refractivity contribution in [2.75, 3.05) is 13.7 Å². The number of nitrogens with zero attached hydrogens (tertiary/aromatic N) is 1. The number of ether oxygens (including phenoxy) is 2. The molecule has 0 radical (unpaired) electrons. The minimum atomic E-state index is -0.897. The zero-order chi connectivity index (χ0) is 22.4. The van der Waals surface area contributed by atoms with Crippen molar-refractivity contribution in [3.05, 3.63) is 64.8 Å². The van der Waals surface area contributed by atoms with Gasteiger partial charge in [0.1, 0.15) is 5.75 Å². The molecule has 6 nitrogen and oxygen atoms in total. The number of hydrogen-bond acceptors (Lipinski definition) is 4. The summed E-state index contributed by atoms with van der Waals surface area (Å²) in [5.74, 6) is 0.576. The first kappa shape index (κ1) is 21.0. The molecule has 2 aromatic carbocycles. The Balaban J connectivity index is 1.53. The number of fused-ring (bicyclic) bond motifs is 2. The lowest BCUT2D eigenvalue weighted by atomic mass is 9.91. The molecule has 4 unspecified atom stereocenters. The molecule has 2 N–H and O–H groups in total. The third-order valence-corrected chi connectivity index (χ3v) is 7.16. The Kier molecular flexibility index (Phi) is 5.43. The highest BCUT2D eigenvalue weighted by Crippen LogP contribution is 2.52. The van der Waals surface area contributed by atoms with Crippen LogP contribution in [0.1, 0.15) is 52.9 Å². The van der Waals surface area contributed by atoms with Gasteiger partial charge >= 0.3 is 5.97 Å². The number of carboxylic acid groups (broad SMARTS) is 1. The maximum atomic E-state index is 11.3. The number of piperidine rings is 1. The van der Waals surface area contributed by atoms with Crippen LogP contribution in [0.3, 0.4) is 0 Å². The van der Waals surface area contributed by atoms with Crippen molar-refractivity contribution >= 4 is 16.9 Å². The summed E-state index contributed by atoms with van der Waals surface area (Å²) >= 11 is 0. The van der Waals surface area contributed by atoms with Crippen molar-refractivity contribution in [3.63, 3.8) is 0 Å². The molecular formula is C26H30N2O4. The van der Waals surface area contributed by atoms with Gasteiger partial charge in [0.2, 0.25) is 0 Å². The van der Waals surface area contributed by atoms with Crippen molar-refractivity contribution in [3.8, 4) is 5.75 Å². The fourth-order valence-electron chi connectivity index (χ4n) is 5.51. The van der Waals surface area contributed by atoms with Crippen LogP contribution in [0.4, 0.5) is 0 Å². The number of aromatic carboxylic acids is 1. The average Bonchev–Trinajstić information content (AvgIpc) is 3.44. The number of aryl methyl sites for hydroxylation is 1. The minimum absolute atomic E-state index is 0.165. The summed E-state index contributed by atoms with van der Waals surface area (Å²) in [5, 5.41) is 10.5. The largest absolute Gasteiger partial charge is 0.496 e. The third-order valence-electron chi connectivity index (χ3n) is 7.16. The number of methoxy groups -OCH3 is 1. The van der Waals surface area contributed by atoms with E-state index in [1.54, 1.807) is 19.2 Å². The summed E-state index contributed by atoms with van der Waals surface area (Å²) in [6.07, 6.45) is 4.28. The fraction of sp³-hybridized carbons (Fsp3) is 0.423. The van der Waals surface area contributed by atoms with Crippen LogP contribution in [0.5, 0.6) is 5.75 Å². The first-order valence-electron chi connectivity index (χ1n) is 11.4. The van der Waals surface area contributed by atoms with Crippen LogP contribution >= 0.6 is 0 Å². The molecule has 2 heterocycles. The van der Waals surface area contributed by atoms with Gasteiger partial charge in [0, 0.05) is 53.8 Å². The van der Waals surface area contributed by atoms with Gasteiger partial charge < -0.3 is 19.6 Å². The van der Waals surface area contributed by atoms with Gasteiger partial charge in [0.05, 0.1) is 18.8 Å². The SMILES string of the molecule is CCOC1CC(c2ccc(C(=O)O)cc2)N(Cc2c(OC)cc(C)c3[nH]ccc23)C2CC12. The zero-order valence-electron chi connectivity index (χ0n) is 18.8. The second kappa shape index (κ2) is 8.26. The smallest absolute Gasteiger partial charge is 0.335 e. The Morgan fingerprint density at radius 2 is 2.00 bits per heavy atom. The number of benzene rings is 2. The summed E-state index contributed by atoms with van der Waals surface area (Å²) < 4.78 is 11.9. The van der Waals surface area contributed by atoms with E-state index in [0.29, 0.717) is 24.1 Å². The van der Waals surface area contributed by atoms with Crippen LogP contribution in [0.25, 0.3) is 10.9 Å². The molecule has 1 saturated carbocycles. The number of hydrogen-bond donors (Lipinski definition) is 2. The monoisotopic (exact) mass is 434 g/mol. The van der Waals surface area contributed by atoms with Crippen molar-refractivity contribution in [2.45, 2.75) is 51.4 Å². The molecule has 2 fully saturated rings. The molecule has 0 bridgehead atoms. The molecule has 6 heteroatoms. The summed E-state index contributed by atoms with van der Waals surface area (Å²) in [6.45, 7) is 5.65. The van der Waals surface area contributed by atoms with Gasteiger partial charge in [-0.25, -0.2) is 4.79 Å². The summed E-state index contributed by atoms with van der Waals surface area (Å²) in [6, 6.07) is 12.2. The Morgan fingerprint density at radius 3 is 2.69 bits per heavy atom. The molecule has 1 aromatic heterocycles. The van der Waals surface area contributed by atoms with E-state index in [2.05, 4.69) is 35.9 Å². The van der Waals surface area contributed by atoms with E-state index in [4.69, 9.17) is 9.47 Å². The minimum Gasteiger partial charge on any atom is -0.496 e. The maximum Gasteiger partial charge on any atom is 0.335 e. The van der Waals surface area contributed by atoms with E-state index in [9.17, 15) is 9.90 Å². The topological polar surface area (TPSA) is 74.8 Å². The fourth-order valence-corrected chi connectivity index (χ4v) is 5.51. The van der Waals surface area contributed by atoms with Crippen molar-refractivity contribution in [1.29, 1.82) is 0 Å². The van der Waals surface area contributed by atoms with Crippen LogP contribution in [0.2, 0.25) is 0 Å². The molecule has 0 spiro atoms. The molecule has 2 aliphatic rings. The number of rotatable bonds is 7. The van der Waals surface area contributed by atoms with E-state index >= 15 is 0 Å². The molecule has 3 aromatic rings. The van der Waals surface area contributed by atoms with Gasteiger partial charge in [-0.2, -0.15) is 0 Å². The van der Waals surface area contributed by atoms with Crippen molar-refractivity contribution < 1.29 is 19.4 Å². The number of carboxylic acids is 1. The van der Waals surface area contributed by atoms with Crippen LogP contribution < -0.4 is 4.74 Å². The lowest BCUT2D eigenvalue weighted by molar-refractivity contribution is -0.0199. The van der Waals surface area contributed by atoms with Gasteiger partial charge in [-0.15, -0.1) is 0 Å². The quantitative estimate of drug-likeness (QED) is 0.552. The van der Waals surface area contributed by atoms with Gasteiger partial charge in [-0.05, 0) is 62.1 Å². The first-order chi connectivity index (χ1) is 15.5. The Labute approximate surface area is 188 Å². The zero-order valence-corrected chi connectivity index (χ0v) is 18.8. The highest BCUT2D eigenvalue weighted by molar-refractivity contribution is 5.88. The van der Waals surface area contributed by atoms with Crippen molar-refractivity contribution in [1.82, 2.24) is 9.88 Å². The van der Waals surface area contributed by atoms with Crippen LogP contribution in [0.15, 0.2) is 42.6 Å². The highest BCUT2D eigenvalue weighted by Gasteiger charge is 2.54. The molecule has 168 valence electrons. The summed E-state index contributed by atoms with van der Waals surface area (Å²) in [4.78, 5) is 17.3. The van der Waals surface area contributed by atoms with Gasteiger partial charge in [0.15, 0.2) is 0 Å². The molecule has 0 amide bonds. The second-order valence-electron chi connectivity index (χ2n) is 8.95. The normalized spacial score (nSPS) is 25.0. The molecule has 4 atom stereocenters. The number of aromatic amines is 1. The molecule has 1 aliphatic carbocycles. The van der Waals surface area contributed by atoms with Gasteiger partial charge in [-0.1, -0.05) is 12.1 Å². The maximum absolute atomic E-state index is 11.3.